The van der Waals surface area contributed by atoms with Crippen molar-refractivity contribution in [1.29, 1.82) is 0 Å². The van der Waals surface area contributed by atoms with Gasteiger partial charge >= 0.3 is 5.95 Å². The van der Waals surface area contributed by atoms with Crippen LogP contribution in [0.3, 0.4) is 0 Å². The first-order valence-electron chi connectivity index (χ1n) is 6.58. The Morgan fingerprint density at radius 1 is 1.05 bits per heavy atom. The first-order valence-corrected chi connectivity index (χ1v) is 6.58. The summed E-state index contributed by atoms with van der Waals surface area (Å²) in [5.74, 6) is 0.146. The minimum absolute atomic E-state index is 0.231. The van der Waals surface area contributed by atoms with Crippen LogP contribution in [0.2, 0.25) is 0 Å². The predicted molar refractivity (Wildman–Crippen MR) is 82.0 cm³/mol. The van der Waals surface area contributed by atoms with Crippen molar-refractivity contribution in [2.75, 3.05) is 0 Å². The summed E-state index contributed by atoms with van der Waals surface area (Å²) in [6, 6.07) is 17.2. The number of oxazole rings is 1. The first-order chi connectivity index (χ1) is 10.2. The van der Waals surface area contributed by atoms with Gasteiger partial charge in [-0.05, 0) is 31.2 Å². The van der Waals surface area contributed by atoms with Crippen LogP contribution in [0.4, 0.5) is 5.69 Å². The zero-order chi connectivity index (χ0) is 14.7. The highest BCUT2D eigenvalue weighted by Crippen LogP contribution is 2.26. The molecule has 0 aliphatic heterocycles. The summed E-state index contributed by atoms with van der Waals surface area (Å²) < 4.78 is 5.28. The van der Waals surface area contributed by atoms with Gasteiger partial charge in [-0.25, -0.2) is 4.98 Å². The largest absolute Gasteiger partial charge is 0.479 e. The zero-order valence-electron chi connectivity index (χ0n) is 11.5. The highest BCUT2D eigenvalue weighted by molar-refractivity contribution is 5.82. The molecule has 0 amide bonds. The fourth-order valence-electron chi connectivity index (χ4n) is 1.88. The third kappa shape index (κ3) is 3.00. The van der Waals surface area contributed by atoms with Gasteiger partial charge in [0.1, 0.15) is 0 Å². The molecule has 21 heavy (non-hydrogen) atoms. The minimum Gasteiger partial charge on any atom is -0.479 e. The van der Waals surface area contributed by atoms with Gasteiger partial charge in [-0.3, -0.25) is 4.99 Å². The molecule has 4 nitrogen and oxygen atoms in total. The van der Waals surface area contributed by atoms with E-state index in [4.69, 9.17) is 4.42 Å². The highest BCUT2D eigenvalue weighted by atomic mass is 16.5. The van der Waals surface area contributed by atoms with Crippen LogP contribution in [0, 0.1) is 6.92 Å². The quantitative estimate of drug-likeness (QED) is 0.733. The molecule has 0 saturated carbocycles. The van der Waals surface area contributed by atoms with E-state index in [0.29, 0.717) is 11.6 Å². The number of aromatic hydroxyl groups is 1. The molecule has 3 aromatic rings. The smallest absolute Gasteiger partial charge is 0.312 e. The Bertz CT molecular complexity index is 759. The van der Waals surface area contributed by atoms with Crippen molar-refractivity contribution in [3.63, 3.8) is 0 Å². The van der Waals surface area contributed by atoms with E-state index in [0.717, 1.165) is 16.8 Å². The van der Waals surface area contributed by atoms with Gasteiger partial charge in [0.05, 0.1) is 11.9 Å². The molecule has 0 spiro atoms. The van der Waals surface area contributed by atoms with E-state index < -0.39 is 0 Å². The molecule has 1 aromatic heterocycles. The van der Waals surface area contributed by atoms with E-state index in [1.54, 1.807) is 0 Å². The lowest BCUT2D eigenvalue weighted by Crippen LogP contribution is -1.83. The van der Waals surface area contributed by atoms with Crippen LogP contribution in [0.15, 0.2) is 64.0 Å². The Morgan fingerprint density at radius 2 is 1.76 bits per heavy atom. The molecule has 0 aliphatic carbocycles. The maximum atomic E-state index is 9.80. The van der Waals surface area contributed by atoms with Gasteiger partial charge < -0.3 is 9.52 Å². The molecule has 1 N–H and O–H groups in total. The number of aliphatic imine (C=N–C) groups is 1. The van der Waals surface area contributed by atoms with Gasteiger partial charge in [0.2, 0.25) is 5.89 Å². The Kier molecular flexibility index (Phi) is 3.51. The summed E-state index contributed by atoms with van der Waals surface area (Å²) in [5, 5.41) is 9.80. The number of benzene rings is 2. The number of aromatic nitrogens is 1. The minimum atomic E-state index is -0.231. The first kappa shape index (κ1) is 13.1. The van der Waals surface area contributed by atoms with E-state index in [1.165, 1.54) is 6.21 Å². The topological polar surface area (TPSA) is 58.6 Å². The van der Waals surface area contributed by atoms with Gasteiger partial charge in [0.25, 0.3) is 0 Å². The molecule has 2 aromatic carbocycles. The fraction of sp³-hybridized carbons (Fsp3) is 0.0588. The van der Waals surface area contributed by atoms with E-state index in [-0.39, 0.29) is 5.95 Å². The lowest BCUT2D eigenvalue weighted by Gasteiger charge is -1.95. The van der Waals surface area contributed by atoms with Gasteiger partial charge in [0, 0.05) is 5.56 Å². The predicted octanol–water partition coefficient (Wildman–Crippen LogP) is 4.11. The third-order valence-electron chi connectivity index (χ3n) is 3.03. The van der Waals surface area contributed by atoms with E-state index in [1.807, 2.05) is 61.5 Å². The maximum absolute atomic E-state index is 9.80. The number of rotatable bonds is 3. The molecule has 0 unspecified atom stereocenters. The standard InChI is InChI=1S/C17H14N2O2/c1-12-7-9-13(10-8-12)16-19-15(17(20)21-16)11-18-14-5-3-2-4-6-14/h2-11,20H,1H3. The van der Waals surface area contributed by atoms with Crippen LogP contribution in [-0.2, 0) is 0 Å². The SMILES string of the molecule is Cc1ccc(-c2nc(C=Nc3ccccc3)c(O)o2)cc1. The number of nitrogens with zero attached hydrogens (tertiary/aromatic N) is 2. The summed E-state index contributed by atoms with van der Waals surface area (Å²) in [5.41, 5.74) is 3.07. The molecular formula is C17H14N2O2. The Hall–Kier alpha value is -2.88. The molecule has 3 rings (SSSR count). The Morgan fingerprint density at radius 3 is 2.48 bits per heavy atom. The second-order valence-electron chi connectivity index (χ2n) is 4.67. The van der Waals surface area contributed by atoms with Crippen LogP contribution in [0.25, 0.3) is 11.5 Å². The zero-order valence-corrected chi connectivity index (χ0v) is 11.5. The third-order valence-corrected chi connectivity index (χ3v) is 3.03. The molecule has 0 radical (unpaired) electrons. The van der Waals surface area contributed by atoms with Crippen molar-refractivity contribution in [2.45, 2.75) is 6.92 Å². The molecule has 0 aliphatic rings. The second-order valence-corrected chi connectivity index (χ2v) is 4.67. The summed E-state index contributed by atoms with van der Waals surface area (Å²) in [7, 11) is 0. The van der Waals surface area contributed by atoms with Gasteiger partial charge in [0.15, 0.2) is 5.69 Å². The van der Waals surface area contributed by atoms with Crippen molar-refractivity contribution in [1.82, 2.24) is 4.98 Å². The second kappa shape index (κ2) is 5.63. The van der Waals surface area contributed by atoms with Gasteiger partial charge in [-0.1, -0.05) is 35.9 Å². The van der Waals surface area contributed by atoms with E-state index in [9.17, 15) is 5.11 Å². The molecule has 4 heteroatoms. The van der Waals surface area contributed by atoms with Crippen LogP contribution in [0.1, 0.15) is 11.3 Å². The van der Waals surface area contributed by atoms with E-state index in [2.05, 4.69) is 9.98 Å². The fourth-order valence-corrected chi connectivity index (χ4v) is 1.88. The lowest BCUT2D eigenvalue weighted by atomic mass is 10.1. The number of para-hydroxylation sites is 1. The molecule has 0 saturated heterocycles. The molecule has 1 heterocycles. The van der Waals surface area contributed by atoms with Crippen LogP contribution >= 0.6 is 0 Å². The average molecular weight is 278 g/mol. The Balaban J connectivity index is 1.88. The number of aryl methyl sites for hydroxylation is 1. The van der Waals surface area contributed by atoms with E-state index >= 15 is 0 Å². The monoisotopic (exact) mass is 278 g/mol. The highest BCUT2D eigenvalue weighted by Gasteiger charge is 2.11. The summed E-state index contributed by atoms with van der Waals surface area (Å²) in [6.45, 7) is 2.01. The van der Waals surface area contributed by atoms with Gasteiger partial charge in [-0.2, -0.15) is 0 Å². The van der Waals surface area contributed by atoms with Crippen LogP contribution < -0.4 is 0 Å². The molecule has 104 valence electrons. The lowest BCUT2D eigenvalue weighted by molar-refractivity contribution is 0.337. The van der Waals surface area contributed by atoms with Crippen LogP contribution in [-0.4, -0.2) is 16.3 Å². The van der Waals surface area contributed by atoms with Crippen molar-refractivity contribution in [3.8, 4) is 17.4 Å². The van der Waals surface area contributed by atoms with Crippen molar-refractivity contribution in [3.05, 3.63) is 65.9 Å². The summed E-state index contributed by atoms with van der Waals surface area (Å²) >= 11 is 0. The molecular weight excluding hydrogens is 264 g/mol. The van der Waals surface area contributed by atoms with Crippen molar-refractivity contribution >= 4 is 11.9 Å². The maximum Gasteiger partial charge on any atom is 0.312 e. The van der Waals surface area contributed by atoms with Gasteiger partial charge in [-0.15, -0.1) is 0 Å². The normalized spacial score (nSPS) is 11.1. The molecule has 0 bridgehead atoms. The number of hydrogen-bond donors (Lipinski definition) is 1. The van der Waals surface area contributed by atoms with Crippen molar-refractivity contribution < 1.29 is 9.52 Å². The Labute approximate surface area is 122 Å². The van der Waals surface area contributed by atoms with Crippen molar-refractivity contribution in [2.24, 2.45) is 4.99 Å². The average Bonchev–Trinajstić information content (AvgIpc) is 2.88. The molecule has 0 fully saturated rings. The number of hydrogen-bond acceptors (Lipinski definition) is 4. The summed E-state index contributed by atoms with van der Waals surface area (Å²) in [4.78, 5) is 8.51. The van der Waals surface area contributed by atoms with Crippen LogP contribution in [0.5, 0.6) is 5.95 Å². The summed E-state index contributed by atoms with van der Waals surface area (Å²) in [6.07, 6.45) is 1.49. The molecule has 0 atom stereocenters.